The van der Waals surface area contributed by atoms with Crippen LogP contribution >= 0.6 is 0 Å². The van der Waals surface area contributed by atoms with Crippen LogP contribution in [0, 0.1) is 11.3 Å². The van der Waals surface area contributed by atoms with E-state index >= 15 is 0 Å². The van der Waals surface area contributed by atoms with Gasteiger partial charge >= 0.3 is 0 Å². The average molecular weight is 701 g/mol. The quantitative estimate of drug-likeness (QED) is 0.173. The fraction of sp³-hybridized carbons (Fsp3) is 0.0196. The van der Waals surface area contributed by atoms with Crippen molar-refractivity contribution in [2.45, 2.75) is 5.41 Å². The van der Waals surface area contributed by atoms with Gasteiger partial charge in [-0.2, -0.15) is 5.26 Å². The molecule has 0 saturated carbocycles. The number of rotatable bonds is 6. The Hall–Kier alpha value is -7.48. The van der Waals surface area contributed by atoms with Crippen LogP contribution < -0.4 is 0 Å². The van der Waals surface area contributed by atoms with Gasteiger partial charge in [-0.25, -0.2) is 15.0 Å². The molecule has 0 N–H and O–H groups in total. The third-order valence-electron chi connectivity index (χ3n) is 10.9. The van der Waals surface area contributed by atoms with Gasteiger partial charge in [-0.1, -0.05) is 182 Å². The van der Waals surface area contributed by atoms with Crippen LogP contribution in [0.5, 0.6) is 0 Å². The molecule has 55 heavy (non-hydrogen) atoms. The van der Waals surface area contributed by atoms with Gasteiger partial charge in [-0.05, 0) is 67.4 Å². The van der Waals surface area contributed by atoms with Gasteiger partial charge in [0.05, 0.1) is 17.0 Å². The van der Waals surface area contributed by atoms with Crippen molar-refractivity contribution in [2.24, 2.45) is 0 Å². The Labute approximate surface area is 319 Å². The number of aromatic nitrogens is 3. The molecule has 1 aliphatic carbocycles. The summed E-state index contributed by atoms with van der Waals surface area (Å²) < 4.78 is 0. The van der Waals surface area contributed by atoms with Crippen LogP contribution in [0.25, 0.3) is 67.2 Å². The highest BCUT2D eigenvalue weighted by Crippen LogP contribution is 2.57. The molecule has 0 bridgehead atoms. The van der Waals surface area contributed by atoms with E-state index in [-0.39, 0.29) is 0 Å². The normalized spacial score (nSPS) is 14.2. The van der Waals surface area contributed by atoms with Crippen LogP contribution in [0.3, 0.4) is 0 Å². The van der Waals surface area contributed by atoms with E-state index in [1.54, 1.807) is 0 Å². The second-order valence-electron chi connectivity index (χ2n) is 13.9. The first-order valence-electron chi connectivity index (χ1n) is 18.4. The van der Waals surface area contributed by atoms with Crippen molar-refractivity contribution in [3.8, 4) is 62.5 Å². The Kier molecular flexibility index (Phi) is 7.71. The molecule has 1 heterocycles. The standard InChI is InChI=1S/C51H32N4/c52-33-34-19-28-41(29-20-34)51(45-18-10-9-17-44(45)47-43-16-8-7-11-37(43)27-32-46(47)51)42-30-25-36(26-31-42)35-21-23-40(24-22-35)50-54-48(38-12-3-1-4-13-38)53-49(55-50)39-14-5-2-6-15-39/h1-32H. The molecule has 0 amide bonds. The highest BCUT2D eigenvalue weighted by atomic mass is 15.0. The van der Waals surface area contributed by atoms with Crippen LogP contribution in [0.1, 0.15) is 27.8 Å². The zero-order valence-corrected chi connectivity index (χ0v) is 29.8. The van der Waals surface area contributed by atoms with Crippen LogP contribution in [0.4, 0.5) is 0 Å². The second kappa shape index (κ2) is 13.2. The van der Waals surface area contributed by atoms with Gasteiger partial charge in [0, 0.05) is 16.7 Å². The number of fused-ring (bicyclic) bond motifs is 5. The lowest BCUT2D eigenvalue weighted by molar-refractivity contribution is 0.769. The molecule has 0 radical (unpaired) electrons. The topological polar surface area (TPSA) is 62.5 Å². The summed E-state index contributed by atoms with van der Waals surface area (Å²) in [4.78, 5) is 14.7. The van der Waals surface area contributed by atoms with Crippen molar-refractivity contribution in [1.82, 2.24) is 15.0 Å². The average Bonchev–Trinajstić information content (AvgIpc) is 3.58. The van der Waals surface area contributed by atoms with E-state index in [1.165, 1.54) is 38.6 Å². The highest BCUT2D eigenvalue weighted by molar-refractivity contribution is 6.04. The van der Waals surface area contributed by atoms with E-state index in [0.717, 1.165) is 33.4 Å². The lowest BCUT2D eigenvalue weighted by Gasteiger charge is -2.34. The minimum atomic E-state index is -0.571. The SMILES string of the molecule is N#Cc1ccc(C2(c3ccc(-c4ccc(-c5nc(-c6ccccc6)nc(-c6ccccc6)n5)cc4)cc3)c3ccccc3-c3c2ccc2ccccc32)cc1. The van der Waals surface area contributed by atoms with Gasteiger partial charge in [-0.15, -0.1) is 0 Å². The van der Waals surface area contributed by atoms with Crippen molar-refractivity contribution in [3.63, 3.8) is 0 Å². The molecule has 0 aliphatic heterocycles. The van der Waals surface area contributed by atoms with Gasteiger partial charge in [0.1, 0.15) is 0 Å². The predicted octanol–water partition coefficient (Wildman–Crippen LogP) is 11.9. The molecule has 1 atom stereocenters. The predicted molar refractivity (Wildman–Crippen MR) is 221 cm³/mol. The van der Waals surface area contributed by atoms with Crippen LogP contribution in [-0.2, 0) is 5.41 Å². The highest BCUT2D eigenvalue weighted by Gasteiger charge is 2.46. The molecule has 4 heteroatoms. The van der Waals surface area contributed by atoms with Crippen LogP contribution in [0.2, 0.25) is 0 Å². The third kappa shape index (κ3) is 5.33. The number of hydrogen-bond donors (Lipinski definition) is 0. The van der Waals surface area contributed by atoms with Crippen molar-refractivity contribution >= 4 is 10.8 Å². The summed E-state index contributed by atoms with van der Waals surface area (Å²) in [6.45, 7) is 0. The van der Waals surface area contributed by atoms with E-state index in [1.807, 2.05) is 72.8 Å². The molecule has 0 fully saturated rings. The van der Waals surface area contributed by atoms with Gasteiger partial charge in [-0.3, -0.25) is 0 Å². The summed E-state index contributed by atoms with van der Waals surface area (Å²) in [6.07, 6.45) is 0. The molecule has 1 unspecified atom stereocenters. The Morgan fingerprint density at radius 1 is 0.382 bits per heavy atom. The summed E-state index contributed by atoms with van der Waals surface area (Å²) in [7, 11) is 0. The number of benzene rings is 8. The van der Waals surface area contributed by atoms with E-state index in [2.05, 4.69) is 127 Å². The fourth-order valence-electron chi connectivity index (χ4n) is 8.29. The summed E-state index contributed by atoms with van der Waals surface area (Å²) in [5, 5.41) is 12.1. The first-order chi connectivity index (χ1) is 27.2. The zero-order chi connectivity index (χ0) is 36.8. The summed E-state index contributed by atoms with van der Waals surface area (Å²) >= 11 is 0. The van der Waals surface area contributed by atoms with Crippen LogP contribution in [-0.4, -0.2) is 15.0 Å². The van der Waals surface area contributed by atoms with Crippen molar-refractivity contribution in [3.05, 3.63) is 222 Å². The van der Waals surface area contributed by atoms with Crippen molar-refractivity contribution < 1.29 is 0 Å². The molecule has 1 aromatic heterocycles. The Morgan fingerprint density at radius 2 is 0.855 bits per heavy atom. The summed E-state index contributed by atoms with van der Waals surface area (Å²) in [5.41, 5.74) is 12.4. The number of nitriles is 1. The minimum Gasteiger partial charge on any atom is -0.208 e. The molecule has 8 aromatic carbocycles. The monoisotopic (exact) mass is 700 g/mol. The molecule has 10 rings (SSSR count). The van der Waals surface area contributed by atoms with Gasteiger partial charge < -0.3 is 0 Å². The van der Waals surface area contributed by atoms with Gasteiger partial charge in [0.15, 0.2) is 17.5 Å². The Bertz CT molecular complexity index is 2840. The first-order valence-corrected chi connectivity index (χ1v) is 18.4. The van der Waals surface area contributed by atoms with E-state index in [4.69, 9.17) is 15.0 Å². The summed E-state index contributed by atoms with van der Waals surface area (Å²) in [5.74, 6) is 1.91. The van der Waals surface area contributed by atoms with Crippen LogP contribution in [0.15, 0.2) is 194 Å². The number of hydrogen-bond acceptors (Lipinski definition) is 4. The second-order valence-corrected chi connectivity index (χ2v) is 13.9. The fourth-order valence-corrected chi connectivity index (χ4v) is 8.29. The van der Waals surface area contributed by atoms with Gasteiger partial charge in [0.25, 0.3) is 0 Å². The maximum absolute atomic E-state index is 9.69. The Morgan fingerprint density at radius 3 is 1.45 bits per heavy atom. The third-order valence-corrected chi connectivity index (χ3v) is 10.9. The maximum Gasteiger partial charge on any atom is 0.164 e. The first kappa shape index (κ1) is 32.2. The van der Waals surface area contributed by atoms with Crippen molar-refractivity contribution in [2.75, 3.05) is 0 Å². The lowest BCUT2D eigenvalue weighted by Crippen LogP contribution is -2.28. The molecular formula is C51H32N4. The summed E-state index contributed by atoms with van der Waals surface area (Å²) in [6, 6.07) is 69.9. The Balaban J connectivity index is 1.07. The van der Waals surface area contributed by atoms with E-state index in [9.17, 15) is 5.26 Å². The lowest BCUT2D eigenvalue weighted by atomic mass is 9.67. The molecule has 0 spiro atoms. The minimum absolute atomic E-state index is 0.571. The van der Waals surface area contributed by atoms with Gasteiger partial charge in [0.2, 0.25) is 0 Å². The molecule has 0 saturated heterocycles. The molecule has 256 valence electrons. The van der Waals surface area contributed by atoms with Crippen molar-refractivity contribution in [1.29, 1.82) is 5.26 Å². The number of nitrogens with zero attached hydrogens (tertiary/aromatic N) is 4. The zero-order valence-electron chi connectivity index (χ0n) is 29.8. The van der Waals surface area contributed by atoms with E-state index in [0.29, 0.717) is 23.0 Å². The van der Waals surface area contributed by atoms with E-state index < -0.39 is 5.41 Å². The largest absolute Gasteiger partial charge is 0.208 e. The molecule has 1 aliphatic rings. The molecule has 4 nitrogen and oxygen atoms in total. The smallest absolute Gasteiger partial charge is 0.164 e. The molecule has 9 aromatic rings. The molecular weight excluding hydrogens is 669 g/mol. The maximum atomic E-state index is 9.69.